The number of halogens is 1. The SMILES string of the molecule is CCCn1ccnc1C(COc1ccc(Cl)cc1)NN. The lowest BCUT2D eigenvalue weighted by Gasteiger charge is -2.18. The Morgan fingerprint density at radius 1 is 1.40 bits per heavy atom. The summed E-state index contributed by atoms with van der Waals surface area (Å²) in [7, 11) is 0. The second-order valence-electron chi connectivity index (χ2n) is 4.46. The normalized spacial score (nSPS) is 12.3. The highest BCUT2D eigenvalue weighted by atomic mass is 35.5. The maximum Gasteiger partial charge on any atom is 0.130 e. The first-order chi connectivity index (χ1) is 9.74. The highest BCUT2D eigenvalue weighted by Gasteiger charge is 2.16. The molecule has 1 heterocycles. The maximum atomic E-state index is 5.84. The number of hydrogen-bond acceptors (Lipinski definition) is 4. The van der Waals surface area contributed by atoms with Crippen LogP contribution in [0.25, 0.3) is 0 Å². The third-order valence-corrected chi connectivity index (χ3v) is 3.21. The van der Waals surface area contributed by atoms with Gasteiger partial charge >= 0.3 is 0 Å². The molecule has 0 bridgehead atoms. The van der Waals surface area contributed by atoms with Crippen molar-refractivity contribution in [1.29, 1.82) is 0 Å². The largest absolute Gasteiger partial charge is 0.491 e. The van der Waals surface area contributed by atoms with Crippen molar-refractivity contribution in [2.75, 3.05) is 6.61 Å². The third-order valence-electron chi connectivity index (χ3n) is 2.96. The first-order valence-electron chi connectivity index (χ1n) is 6.60. The maximum absolute atomic E-state index is 5.84. The van der Waals surface area contributed by atoms with Gasteiger partial charge in [-0.15, -0.1) is 0 Å². The molecule has 0 saturated heterocycles. The predicted octanol–water partition coefficient (Wildman–Crippen LogP) is 2.53. The third kappa shape index (κ3) is 3.72. The Kier molecular flexibility index (Phi) is 5.40. The summed E-state index contributed by atoms with van der Waals surface area (Å²) in [6, 6.07) is 7.08. The van der Waals surface area contributed by atoms with Gasteiger partial charge in [-0.25, -0.2) is 10.4 Å². The zero-order valence-corrected chi connectivity index (χ0v) is 12.2. The number of aromatic nitrogens is 2. The monoisotopic (exact) mass is 294 g/mol. The molecule has 2 rings (SSSR count). The number of nitrogens with two attached hydrogens (primary N) is 1. The van der Waals surface area contributed by atoms with Crippen LogP contribution in [-0.4, -0.2) is 16.2 Å². The van der Waals surface area contributed by atoms with Gasteiger partial charge in [0.25, 0.3) is 0 Å². The van der Waals surface area contributed by atoms with E-state index >= 15 is 0 Å². The van der Waals surface area contributed by atoms with Crippen molar-refractivity contribution in [3.8, 4) is 5.75 Å². The average Bonchev–Trinajstić information content (AvgIpc) is 2.90. The van der Waals surface area contributed by atoms with Crippen LogP contribution in [0.1, 0.15) is 25.2 Å². The van der Waals surface area contributed by atoms with Crippen molar-refractivity contribution in [3.63, 3.8) is 0 Å². The van der Waals surface area contributed by atoms with Crippen LogP contribution in [0.2, 0.25) is 5.02 Å². The Labute approximate surface area is 123 Å². The molecule has 0 aliphatic heterocycles. The lowest BCUT2D eigenvalue weighted by atomic mass is 10.3. The molecule has 0 radical (unpaired) electrons. The molecule has 0 spiro atoms. The van der Waals surface area contributed by atoms with Gasteiger partial charge in [-0.3, -0.25) is 5.84 Å². The van der Waals surface area contributed by atoms with Crippen LogP contribution >= 0.6 is 11.6 Å². The molecule has 1 atom stereocenters. The molecule has 2 aromatic rings. The number of aryl methyl sites for hydroxylation is 1. The van der Waals surface area contributed by atoms with Gasteiger partial charge in [0.2, 0.25) is 0 Å². The van der Waals surface area contributed by atoms with Crippen molar-refractivity contribution in [1.82, 2.24) is 15.0 Å². The van der Waals surface area contributed by atoms with E-state index in [1.807, 2.05) is 18.3 Å². The second-order valence-corrected chi connectivity index (χ2v) is 4.90. The predicted molar refractivity (Wildman–Crippen MR) is 79.5 cm³/mol. The van der Waals surface area contributed by atoms with Crippen LogP contribution in [0.4, 0.5) is 0 Å². The summed E-state index contributed by atoms with van der Waals surface area (Å²) in [5.74, 6) is 7.24. The molecule has 0 aliphatic carbocycles. The summed E-state index contributed by atoms with van der Waals surface area (Å²) >= 11 is 5.84. The van der Waals surface area contributed by atoms with E-state index in [-0.39, 0.29) is 6.04 Å². The van der Waals surface area contributed by atoms with Gasteiger partial charge in [0, 0.05) is 24.0 Å². The number of benzene rings is 1. The summed E-state index contributed by atoms with van der Waals surface area (Å²) in [5.41, 5.74) is 2.75. The van der Waals surface area contributed by atoms with E-state index in [1.54, 1.807) is 18.3 Å². The minimum absolute atomic E-state index is 0.160. The smallest absolute Gasteiger partial charge is 0.130 e. The van der Waals surface area contributed by atoms with Crippen LogP contribution in [0.15, 0.2) is 36.7 Å². The number of ether oxygens (including phenoxy) is 1. The van der Waals surface area contributed by atoms with Gasteiger partial charge in [0.15, 0.2) is 0 Å². The van der Waals surface area contributed by atoms with Crippen molar-refractivity contribution in [2.24, 2.45) is 5.84 Å². The zero-order chi connectivity index (χ0) is 14.4. The van der Waals surface area contributed by atoms with Gasteiger partial charge in [0.05, 0.1) is 0 Å². The van der Waals surface area contributed by atoms with Crippen LogP contribution in [0.3, 0.4) is 0 Å². The fourth-order valence-corrected chi connectivity index (χ4v) is 2.09. The first kappa shape index (κ1) is 14.8. The van der Waals surface area contributed by atoms with E-state index in [2.05, 4.69) is 21.9 Å². The Bertz CT molecular complexity index is 526. The Hall–Kier alpha value is -1.56. The molecular weight excluding hydrogens is 276 g/mol. The lowest BCUT2D eigenvalue weighted by molar-refractivity contribution is 0.258. The van der Waals surface area contributed by atoms with Crippen molar-refractivity contribution in [3.05, 3.63) is 47.5 Å². The molecule has 108 valence electrons. The van der Waals surface area contributed by atoms with Crippen molar-refractivity contribution >= 4 is 11.6 Å². The minimum Gasteiger partial charge on any atom is -0.491 e. The summed E-state index contributed by atoms with van der Waals surface area (Å²) in [4.78, 5) is 4.35. The summed E-state index contributed by atoms with van der Waals surface area (Å²) in [5, 5.41) is 0.685. The minimum atomic E-state index is -0.160. The fourth-order valence-electron chi connectivity index (χ4n) is 1.97. The van der Waals surface area contributed by atoms with Gasteiger partial charge in [-0.05, 0) is 30.7 Å². The van der Waals surface area contributed by atoms with E-state index in [0.29, 0.717) is 11.6 Å². The van der Waals surface area contributed by atoms with Crippen molar-refractivity contribution in [2.45, 2.75) is 25.9 Å². The molecule has 0 saturated carbocycles. The van der Waals surface area contributed by atoms with E-state index in [1.165, 1.54) is 0 Å². The molecule has 0 amide bonds. The second kappa shape index (κ2) is 7.28. The van der Waals surface area contributed by atoms with E-state index in [4.69, 9.17) is 22.2 Å². The van der Waals surface area contributed by atoms with Crippen LogP contribution in [0, 0.1) is 0 Å². The molecule has 6 heteroatoms. The number of nitrogens with one attached hydrogen (secondary N) is 1. The topological polar surface area (TPSA) is 65.1 Å². The van der Waals surface area contributed by atoms with Crippen LogP contribution in [0.5, 0.6) is 5.75 Å². The quantitative estimate of drug-likeness (QED) is 0.608. The van der Waals surface area contributed by atoms with Crippen molar-refractivity contribution < 1.29 is 4.74 Å². The molecule has 5 nitrogen and oxygen atoms in total. The van der Waals surface area contributed by atoms with E-state index < -0.39 is 0 Å². The highest BCUT2D eigenvalue weighted by molar-refractivity contribution is 6.30. The standard InChI is InChI=1S/C14H19ClN4O/c1-2-8-19-9-7-17-14(19)13(18-16)10-20-12-5-3-11(15)4-6-12/h3-7,9,13,18H,2,8,10,16H2,1H3. The van der Waals surface area contributed by atoms with Crippen LogP contribution < -0.4 is 16.0 Å². The van der Waals surface area contributed by atoms with Crippen LogP contribution in [-0.2, 0) is 6.54 Å². The highest BCUT2D eigenvalue weighted by Crippen LogP contribution is 2.18. The molecule has 0 fully saturated rings. The number of hydrazine groups is 1. The molecule has 3 N–H and O–H groups in total. The Morgan fingerprint density at radius 3 is 2.80 bits per heavy atom. The van der Waals surface area contributed by atoms with Gasteiger partial charge in [0.1, 0.15) is 24.2 Å². The molecule has 1 aromatic heterocycles. The summed E-state index contributed by atoms with van der Waals surface area (Å²) < 4.78 is 7.80. The zero-order valence-electron chi connectivity index (χ0n) is 11.4. The Morgan fingerprint density at radius 2 is 2.15 bits per heavy atom. The number of hydrogen-bond donors (Lipinski definition) is 2. The molecular formula is C14H19ClN4O. The number of imidazole rings is 1. The van der Waals surface area contributed by atoms with Gasteiger partial charge in [-0.2, -0.15) is 0 Å². The van der Waals surface area contributed by atoms with E-state index in [9.17, 15) is 0 Å². The average molecular weight is 295 g/mol. The lowest BCUT2D eigenvalue weighted by Crippen LogP contribution is -2.34. The molecule has 1 unspecified atom stereocenters. The van der Waals surface area contributed by atoms with E-state index in [0.717, 1.165) is 24.5 Å². The molecule has 20 heavy (non-hydrogen) atoms. The number of nitrogens with zero attached hydrogens (tertiary/aromatic N) is 2. The summed E-state index contributed by atoms with van der Waals surface area (Å²) in [6.45, 7) is 3.44. The fraction of sp³-hybridized carbons (Fsp3) is 0.357. The molecule has 1 aromatic carbocycles. The molecule has 0 aliphatic rings. The number of rotatable bonds is 7. The summed E-state index contributed by atoms with van der Waals surface area (Å²) in [6.07, 6.45) is 4.77. The van der Waals surface area contributed by atoms with Gasteiger partial charge < -0.3 is 9.30 Å². The van der Waals surface area contributed by atoms with Gasteiger partial charge in [-0.1, -0.05) is 18.5 Å². The Balaban J connectivity index is 2.01. The first-order valence-corrected chi connectivity index (χ1v) is 6.98.